The number of hydrogen-bond donors (Lipinski definition) is 0. The molecule has 0 spiro atoms. The molecule has 1 heterocycles. The average molecular weight is 412 g/mol. The highest BCUT2D eigenvalue weighted by Crippen LogP contribution is 2.46. The Hall–Kier alpha value is -2.33. The number of carbonyl (C=O) groups excluding carboxylic acids is 2. The molecule has 1 aromatic carbocycles. The van der Waals surface area contributed by atoms with Gasteiger partial charge in [0.1, 0.15) is 5.82 Å². The highest BCUT2D eigenvalue weighted by atomic mass is 19.4. The SMILES string of the molecule is O=C(N1CC(CN(C(=O)C(F)(F)F)C2CC2c2ccc(F)cc2)C1)C(F)(F)F. The maximum atomic E-state index is 13.0. The van der Waals surface area contributed by atoms with Crippen LogP contribution in [0.3, 0.4) is 0 Å². The Kier molecular flexibility index (Phi) is 5.05. The normalized spacial score (nSPS) is 22.6. The van der Waals surface area contributed by atoms with Crippen LogP contribution in [0.25, 0.3) is 0 Å². The van der Waals surface area contributed by atoms with E-state index in [2.05, 4.69) is 0 Å². The van der Waals surface area contributed by atoms with E-state index >= 15 is 0 Å². The lowest BCUT2D eigenvalue weighted by molar-refractivity contribution is -0.194. The molecule has 2 fully saturated rings. The van der Waals surface area contributed by atoms with Gasteiger partial charge >= 0.3 is 24.2 Å². The smallest absolute Gasteiger partial charge is 0.334 e. The van der Waals surface area contributed by atoms with Crippen molar-refractivity contribution in [2.24, 2.45) is 5.92 Å². The zero-order valence-electron chi connectivity index (χ0n) is 14.2. The molecule has 154 valence electrons. The van der Waals surface area contributed by atoms with E-state index in [1.165, 1.54) is 12.1 Å². The van der Waals surface area contributed by atoms with E-state index in [0.717, 1.165) is 12.1 Å². The Morgan fingerprint density at radius 2 is 1.57 bits per heavy atom. The monoisotopic (exact) mass is 412 g/mol. The largest absolute Gasteiger partial charge is 0.471 e. The Labute approximate surface area is 154 Å². The Balaban J connectivity index is 1.66. The molecular weight excluding hydrogens is 397 g/mol. The van der Waals surface area contributed by atoms with E-state index < -0.39 is 54.4 Å². The number of alkyl halides is 6. The summed E-state index contributed by atoms with van der Waals surface area (Å²) in [6.45, 7) is -1.13. The quantitative estimate of drug-likeness (QED) is 0.714. The van der Waals surface area contributed by atoms with Crippen LogP contribution in [0.1, 0.15) is 17.9 Å². The number of halogens is 7. The van der Waals surface area contributed by atoms with Crippen molar-refractivity contribution in [2.75, 3.05) is 19.6 Å². The van der Waals surface area contributed by atoms with Crippen LogP contribution >= 0.6 is 0 Å². The first-order valence-electron chi connectivity index (χ1n) is 8.37. The van der Waals surface area contributed by atoms with E-state index in [1.54, 1.807) is 0 Å². The van der Waals surface area contributed by atoms with Crippen LogP contribution < -0.4 is 0 Å². The van der Waals surface area contributed by atoms with E-state index in [9.17, 15) is 40.3 Å². The summed E-state index contributed by atoms with van der Waals surface area (Å²) in [5.74, 6) is -5.70. The molecule has 0 N–H and O–H groups in total. The van der Waals surface area contributed by atoms with Gasteiger partial charge in [0.25, 0.3) is 0 Å². The van der Waals surface area contributed by atoms with Crippen molar-refractivity contribution in [1.29, 1.82) is 0 Å². The summed E-state index contributed by atoms with van der Waals surface area (Å²) in [6, 6.07) is 4.39. The minimum atomic E-state index is -5.12. The second-order valence-electron chi connectivity index (χ2n) is 6.99. The van der Waals surface area contributed by atoms with Crippen LogP contribution in [-0.4, -0.2) is 59.6 Å². The fraction of sp³-hybridized carbons (Fsp3) is 0.529. The molecule has 2 atom stereocenters. The molecule has 1 saturated carbocycles. The molecule has 0 aromatic heterocycles. The van der Waals surface area contributed by atoms with Gasteiger partial charge in [0.2, 0.25) is 0 Å². The summed E-state index contributed by atoms with van der Waals surface area (Å²) in [7, 11) is 0. The van der Waals surface area contributed by atoms with Gasteiger partial charge in [-0.25, -0.2) is 4.39 Å². The van der Waals surface area contributed by atoms with Crippen molar-refractivity contribution < 1.29 is 40.3 Å². The van der Waals surface area contributed by atoms with Crippen LogP contribution in [0.15, 0.2) is 24.3 Å². The van der Waals surface area contributed by atoms with Crippen LogP contribution in [0.5, 0.6) is 0 Å². The predicted molar refractivity (Wildman–Crippen MR) is 81.4 cm³/mol. The molecule has 2 amide bonds. The first-order chi connectivity index (χ1) is 12.9. The minimum absolute atomic E-state index is 0.241. The molecule has 28 heavy (non-hydrogen) atoms. The van der Waals surface area contributed by atoms with Gasteiger partial charge in [0.05, 0.1) is 0 Å². The number of likely N-dealkylation sites (tertiary alicyclic amines) is 1. The van der Waals surface area contributed by atoms with Gasteiger partial charge in [-0.2, -0.15) is 26.3 Å². The summed E-state index contributed by atoms with van der Waals surface area (Å²) < 4.78 is 89.0. The number of benzene rings is 1. The van der Waals surface area contributed by atoms with Gasteiger partial charge in [0, 0.05) is 37.5 Å². The third-order valence-corrected chi connectivity index (χ3v) is 4.90. The molecule has 2 aliphatic rings. The van der Waals surface area contributed by atoms with Gasteiger partial charge < -0.3 is 9.80 Å². The molecule has 1 aliphatic carbocycles. The molecule has 4 nitrogen and oxygen atoms in total. The maximum absolute atomic E-state index is 13.0. The highest BCUT2D eigenvalue weighted by Gasteiger charge is 2.54. The molecule has 11 heteroatoms. The fourth-order valence-corrected chi connectivity index (χ4v) is 3.43. The molecule has 0 bridgehead atoms. The molecule has 1 aromatic rings. The first-order valence-corrected chi connectivity index (χ1v) is 8.37. The van der Waals surface area contributed by atoms with Crippen LogP contribution in [-0.2, 0) is 9.59 Å². The zero-order valence-corrected chi connectivity index (χ0v) is 14.2. The summed E-state index contributed by atoms with van der Waals surface area (Å²) >= 11 is 0. The summed E-state index contributed by atoms with van der Waals surface area (Å²) in [4.78, 5) is 24.0. The lowest BCUT2D eigenvalue weighted by Crippen LogP contribution is -2.58. The lowest BCUT2D eigenvalue weighted by atomic mass is 9.98. The van der Waals surface area contributed by atoms with Gasteiger partial charge in [-0.3, -0.25) is 9.59 Å². The number of carbonyl (C=O) groups is 2. The zero-order chi connectivity index (χ0) is 20.9. The number of rotatable bonds is 4. The molecular formula is C17H15F7N2O2. The first kappa shape index (κ1) is 20.4. The fourth-order valence-electron chi connectivity index (χ4n) is 3.43. The van der Waals surface area contributed by atoms with Crippen molar-refractivity contribution in [1.82, 2.24) is 9.80 Å². The standard InChI is InChI=1S/C17H15F7N2O2/c18-11-3-1-10(2-4-11)12-5-13(12)26(15(28)17(22,23)24)8-9-6-25(7-9)14(27)16(19,20)21/h1-4,9,12-13H,5-8H2. The minimum Gasteiger partial charge on any atom is -0.334 e. The van der Waals surface area contributed by atoms with E-state index in [-0.39, 0.29) is 19.5 Å². The highest BCUT2D eigenvalue weighted by molar-refractivity contribution is 5.83. The van der Waals surface area contributed by atoms with Crippen molar-refractivity contribution in [3.05, 3.63) is 35.6 Å². The molecule has 1 aliphatic heterocycles. The van der Waals surface area contributed by atoms with Crippen molar-refractivity contribution >= 4 is 11.8 Å². The van der Waals surface area contributed by atoms with E-state index in [1.807, 2.05) is 0 Å². The Morgan fingerprint density at radius 3 is 2.07 bits per heavy atom. The topological polar surface area (TPSA) is 40.6 Å². The van der Waals surface area contributed by atoms with Crippen LogP contribution in [0.2, 0.25) is 0 Å². The van der Waals surface area contributed by atoms with Crippen molar-refractivity contribution in [3.8, 4) is 0 Å². The van der Waals surface area contributed by atoms with Crippen molar-refractivity contribution in [3.63, 3.8) is 0 Å². The molecule has 0 radical (unpaired) electrons. The Morgan fingerprint density at radius 1 is 1.00 bits per heavy atom. The van der Waals surface area contributed by atoms with Gasteiger partial charge in [0.15, 0.2) is 0 Å². The molecule has 3 rings (SSSR count). The summed E-state index contributed by atoms with van der Waals surface area (Å²) in [6.07, 6.45) is -9.93. The third-order valence-electron chi connectivity index (χ3n) is 4.90. The Bertz CT molecular complexity index is 754. The second kappa shape index (κ2) is 6.93. The summed E-state index contributed by atoms with van der Waals surface area (Å²) in [5.41, 5.74) is 0.578. The lowest BCUT2D eigenvalue weighted by Gasteiger charge is -2.42. The third kappa shape index (κ3) is 4.22. The van der Waals surface area contributed by atoms with Gasteiger partial charge in [-0.05, 0) is 24.1 Å². The van der Waals surface area contributed by atoms with Crippen LogP contribution in [0.4, 0.5) is 30.7 Å². The van der Waals surface area contributed by atoms with Crippen LogP contribution in [0, 0.1) is 11.7 Å². The molecule has 1 saturated heterocycles. The predicted octanol–water partition coefficient (Wildman–Crippen LogP) is 3.09. The number of amides is 2. The summed E-state index contributed by atoms with van der Waals surface area (Å²) in [5, 5.41) is 0. The maximum Gasteiger partial charge on any atom is 0.471 e. The van der Waals surface area contributed by atoms with E-state index in [0.29, 0.717) is 15.4 Å². The number of nitrogens with zero attached hydrogens (tertiary/aromatic N) is 2. The average Bonchev–Trinajstić information content (AvgIpc) is 3.32. The number of hydrogen-bond acceptors (Lipinski definition) is 2. The molecule has 2 unspecified atom stereocenters. The van der Waals surface area contributed by atoms with E-state index in [4.69, 9.17) is 0 Å². The van der Waals surface area contributed by atoms with Gasteiger partial charge in [-0.15, -0.1) is 0 Å². The second-order valence-corrected chi connectivity index (χ2v) is 6.99. The van der Waals surface area contributed by atoms with Crippen molar-refractivity contribution in [2.45, 2.75) is 30.7 Å². The van der Waals surface area contributed by atoms with Gasteiger partial charge in [-0.1, -0.05) is 12.1 Å².